The number of hydrogen-bond donors (Lipinski definition) is 1. The molecule has 2 fully saturated rings. The van der Waals surface area contributed by atoms with Crippen molar-refractivity contribution in [3.63, 3.8) is 0 Å². The predicted octanol–water partition coefficient (Wildman–Crippen LogP) is 1.05. The largest absolute Gasteiger partial charge is 0.373 e. The van der Waals surface area contributed by atoms with Crippen molar-refractivity contribution in [3.8, 4) is 0 Å². The Morgan fingerprint density at radius 2 is 2.10 bits per heavy atom. The predicted molar refractivity (Wildman–Crippen MR) is 39.7 cm³/mol. The third-order valence-corrected chi connectivity index (χ3v) is 2.92. The molecule has 1 aliphatic heterocycles. The highest BCUT2D eigenvalue weighted by Crippen LogP contribution is 2.39. The Morgan fingerprint density at radius 1 is 1.30 bits per heavy atom. The van der Waals surface area contributed by atoms with Crippen molar-refractivity contribution in [2.75, 3.05) is 6.61 Å². The van der Waals surface area contributed by atoms with Crippen LogP contribution in [-0.4, -0.2) is 18.2 Å². The van der Waals surface area contributed by atoms with Crippen LogP contribution in [0.4, 0.5) is 0 Å². The molecule has 0 bridgehead atoms. The van der Waals surface area contributed by atoms with Gasteiger partial charge in [-0.1, -0.05) is 0 Å². The van der Waals surface area contributed by atoms with Gasteiger partial charge in [-0.3, -0.25) is 0 Å². The first-order valence-corrected chi connectivity index (χ1v) is 4.23. The summed E-state index contributed by atoms with van der Waals surface area (Å²) < 4.78 is 5.69. The van der Waals surface area contributed by atoms with Crippen molar-refractivity contribution < 1.29 is 4.74 Å². The molecule has 1 aliphatic carbocycles. The molecule has 1 spiro atoms. The van der Waals surface area contributed by atoms with Gasteiger partial charge in [0.1, 0.15) is 0 Å². The van der Waals surface area contributed by atoms with Gasteiger partial charge < -0.3 is 10.5 Å². The summed E-state index contributed by atoms with van der Waals surface area (Å²) >= 11 is 0. The molecule has 0 amide bonds. The van der Waals surface area contributed by atoms with Crippen molar-refractivity contribution >= 4 is 0 Å². The van der Waals surface area contributed by atoms with Crippen molar-refractivity contribution in [2.24, 2.45) is 5.73 Å². The molecule has 2 heteroatoms. The molecule has 0 radical (unpaired) electrons. The maximum Gasteiger partial charge on any atom is 0.0833 e. The molecule has 1 heterocycles. The maximum atomic E-state index is 5.95. The highest BCUT2D eigenvalue weighted by molar-refractivity contribution is 4.99. The van der Waals surface area contributed by atoms with E-state index in [1.165, 1.54) is 32.1 Å². The summed E-state index contributed by atoms with van der Waals surface area (Å²) in [6.07, 6.45) is 6.05. The third kappa shape index (κ3) is 0.789. The van der Waals surface area contributed by atoms with Crippen LogP contribution in [0.3, 0.4) is 0 Å². The van der Waals surface area contributed by atoms with Crippen LogP contribution in [0, 0.1) is 0 Å². The summed E-state index contributed by atoms with van der Waals surface area (Å²) in [6, 6.07) is 0.329. The minimum Gasteiger partial charge on any atom is -0.373 e. The van der Waals surface area contributed by atoms with Crippen LogP contribution in [0.25, 0.3) is 0 Å². The fraction of sp³-hybridized carbons (Fsp3) is 1.00. The zero-order valence-corrected chi connectivity index (χ0v) is 6.31. The second kappa shape index (κ2) is 2.21. The van der Waals surface area contributed by atoms with Gasteiger partial charge in [0, 0.05) is 12.6 Å². The van der Waals surface area contributed by atoms with Gasteiger partial charge >= 0.3 is 0 Å². The highest BCUT2D eigenvalue weighted by atomic mass is 16.5. The highest BCUT2D eigenvalue weighted by Gasteiger charge is 2.43. The number of ether oxygens (including phenoxy) is 1. The lowest BCUT2D eigenvalue weighted by atomic mass is 9.95. The van der Waals surface area contributed by atoms with Gasteiger partial charge in [-0.2, -0.15) is 0 Å². The monoisotopic (exact) mass is 141 g/mol. The van der Waals surface area contributed by atoms with Gasteiger partial charge in [-0.25, -0.2) is 0 Å². The summed E-state index contributed by atoms with van der Waals surface area (Å²) in [5, 5.41) is 0. The van der Waals surface area contributed by atoms with Crippen LogP contribution in [0.5, 0.6) is 0 Å². The Kier molecular flexibility index (Phi) is 1.46. The molecular formula is C8H15NO. The first-order valence-electron chi connectivity index (χ1n) is 4.23. The van der Waals surface area contributed by atoms with E-state index in [4.69, 9.17) is 10.5 Å². The van der Waals surface area contributed by atoms with E-state index in [1.807, 2.05) is 0 Å². The lowest BCUT2D eigenvalue weighted by molar-refractivity contribution is -0.00188. The van der Waals surface area contributed by atoms with Crippen LogP contribution in [0.15, 0.2) is 0 Å². The average Bonchev–Trinajstić information content (AvgIpc) is 2.48. The molecule has 58 valence electrons. The summed E-state index contributed by atoms with van der Waals surface area (Å²) in [5.74, 6) is 0. The summed E-state index contributed by atoms with van der Waals surface area (Å²) in [4.78, 5) is 0. The Morgan fingerprint density at radius 3 is 2.60 bits per heavy atom. The van der Waals surface area contributed by atoms with Gasteiger partial charge in [-0.15, -0.1) is 0 Å². The van der Waals surface area contributed by atoms with E-state index in [1.54, 1.807) is 0 Å². The first kappa shape index (κ1) is 6.62. The Hall–Kier alpha value is -0.0800. The van der Waals surface area contributed by atoms with E-state index >= 15 is 0 Å². The van der Waals surface area contributed by atoms with E-state index in [9.17, 15) is 0 Å². The molecule has 0 aromatic carbocycles. The van der Waals surface area contributed by atoms with Crippen LogP contribution < -0.4 is 5.73 Å². The van der Waals surface area contributed by atoms with Crippen molar-refractivity contribution in [1.29, 1.82) is 0 Å². The van der Waals surface area contributed by atoms with E-state index in [0.717, 1.165) is 6.61 Å². The molecule has 2 N–H and O–H groups in total. The Balaban J connectivity index is 2.11. The van der Waals surface area contributed by atoms with Crippen LogP contribution in [0.2, 0.25) is 0 Å². The van der Waals surface area contributed by atoms with Gasteiger partial charge in [0.15, 0.2) is 0 Å². The molecule has 1 saturated heterocycles. The molecule has 2 aliphatic rings. The van der Waals surface area contributed by atoms with E-state index in [2.05, 4.69) is 0 Å². The smallest absolute Gasteiger partial charge is 0.0833 e. The molecule has 2 atom stereocenters. The van der Waals surface area contributed by atoms with Crippen LogP contribution in [0.1, 0.15) is 32.1 Å². The zero-order valence-electron chi connectivity index (χ0n) is 6.31. The summed E-state index contributed by atoms with van der Waals surface area (Å²) in [7, 11) is 0. The van der Waals surface area contributed by atoms with E-state index in [0.29, 0.717) is 6.04 Å². The molecule has 0 unspecified atom stereocenters. The minimum absolute atomic E-state index is 0.125. The van der Waals surface area contributed by atoms with E-state index < -0.39 is 0 Å². The topological polar surface area (TPSA) is 35.2 Å². The van der Waals surface area contributed by atoms with Crippen molar-refractivity contribution in [3.05, 3.63) is 0 Å². The standard InChI is InChI=1S/C8H15NO/c9-7-3-1-4-8(7)5-2-6-10-8/h7H,1-6,9H2/t7-,8-/m1/s1. The number of rotatable bonds is 0. The lowest BCUT2D eigenvalue weighted by Crippen LogP contribution is -2.42. The third-order valence-electron chi connectivity index (χ3n) is 2.92. The lowest BCUT2D eigenvalue weighted by Gasteiger charge is -2.27. The van der Waals surface area contributed by atoms with Gasteiger partial charge in [-0.05, 0) is 32.1 Å². The molecule has 2 nitrogen and oxygen atoms in total. The average molecular weight is 141 g/mol. The first-order chi connectivity index (χ1) is 4.83. The molecule has 0 aromatic heterocycles. The van der Waals surface area contributed by atoms with Crippen LogP contribution in [-0.2, 0) is 4.74 Å². The Labute approximate surface area is 61.7 Å². The fourth-order valence-electron chi connectivity index (χ4n) is 2.28. The maximum absolute atomic E-state index is 5.95. The van der Waals surface area contributed by atoms with Crippen molar-refractivity contribution in [1.82, 2.24) is 0 Å². The van der Waals surface area contributed by atoms with E-state index in [-0.39, 0.29) is 5.60 Å². The second-order valence-electron chi connectivity index (χ2n) is 3.52. The van der Waals surface area contributed by atoms with Gasteiger partial charge in [0.2, 0.25) is 0 Å². The summed E-state index contributed by atoms with van der Waals surface area (Å²) in [5.41, 5.74) is 6.08. The fourth-order valence-corrected chi connectivity index (χ4v) is 2.28. The van der Waals surface area contributed by atoms with Crippen LogP contribution >= 0.6 is 0 Å². The number of hydrogen-bond acceptors (Lipinski definition) is 2. The molecular weight excluding hydrogens is 126 g/mol. The van der Waals surface area contributed by atoms with Crippen molar-refractivity contribution in [2.45, 2.75) is 43.7 Å². The molecule has 1 saturated carbocycles. The summed E-state index contributed by atoms with van der Waals surface area (Å²) in [6.45, 7) is 0.938. The second-order valence-corrected chi connectivity index (χ2v) is 3.52. The minimum atomic E-state index is 0.125. The molecule has 2 rings (SSSR count). The molecule has 0 aromatic rings. The Bertz CT molecular complexity index is 124. The normalized spacial score (nSPS) is 47.1. The van der Waals surface area contributed by atoms with Gasteiger partial charge in [0.25, 0.3) is 0 Å². The SMILES string of the molecule is N[C@@H]1CCC[C@@]12CCCO2. The number of nitrogens with two attached hydrogens (primary N) is 1. The quantitative estimate of drug-likeness (QED) is 0.547. The van der Waals surface area contributed by atoms with Gasteiger partial charge in [0.05, 0.1) is 5.60 Å². The zero-order chi connectivity index (χ0) is 7.03. The molecule has 10 heavy (non-hydrogen) atoms.